The molecule has 238 valence electrons. The second-order valence-electron chi connectivity index (χ2n) is 12.3. The van der Waals surface area contributed by atoms with Crippen LogP contribution in [0.3, 0.4) is 0 Å². The molecular weight excluding hydrogens is 736 g/mol. The molecule has 0 atom stereocenters. The van der Waals surface area contributed by atoms with Crippen molar-refractivity contribution in [2.45, 2.75) is 0 Å². The molecule has 0 unspecified atom stereocenters. The molecule has 8 aromatic carbocycles. The van der Waals surface area contributed by atoms with Crippen molar-refractivity contribution in [2.24, 2.45) is 0 Å². The topological polar surface area (TPSA) is 0 Å². The molecule has 0 amide bonds. The van der Waals surface area contributed by atoms with Crippen LogP contribution in [0.2, 0.25) is 0 Å². The highest BCUT2D eigenvalue weighted by Crippen LogP contribution is 2.55. The lowest BCUT2D eigenvalue weighted by molar-refractivity contribution is 1.51. The summed E-state index contributed by atoms with van der Waals surface area (Å²) in [6, 6.07) is 70.0. The average molecular weight is 769 g/mol. The lowest BCUT2D eigenvalue weighted by Crippen LogP contribution is -2.02. The van der Waals surface area contributed by atoms with Gasteiger partial charge in [-0.25, -0.2) is 0 Å². The van der Waals surface area contributed by atoms with Crippen LogP contribution < -0.4 is 0 Å². The highest BCUT2D eigenvalue weighted by Gasteiger charge is 2.28. The Morgan fingerprint density at radius 3 is 0.680 bits per heavy atom. The van der Waals surface area contributed by atoms with Gasteiger partial charge in [0.2, 0.25) is 0 Å². The fourth-order valence-electron chi connectivity index (χ4n) is 7.06. The van der Waals surface area contributed by atoms with Gasteiger partial charge >= 0.3 is 0 Å². The molecule has 0 aliphatic rings. The highest BCUT2D eigenvalue weighted by molar-refractivity contribution is 9.11. The summed E-state index contributed by atoms with van der Waals surface area (Å²) in [6.45, 7) is 0. The van der Waals surface area contributed by atoms with E-state index >= 15 is 0 Å². The van der Waals surface area contributed by atoms with Crippen molar-refractivity contribution in [2.75, 3.05) is 0 Å². The van der Waals surface area contributed by atoms with Crippen molar-refractivity contribution in [3.05, 3.63) is 203 Å². The molecule has 8 aromatic rings. The van der Waals surface area contributed by atoms with Crippen LogP contribution in [0, 0.1) is 0 Å². The normalized spacial score (nSPS) is 11.0. The zero-order valence-electron chi connectivity index (χ0n) is 27.2. The minimum Gasteiger partial charge on any atom is -0.0622 e. The van der Waals surface area contributed by atoms with Crippen LogP contribution >= 0.6 is 31.9 Å². The van der Waals surface area contributed by atoms with Gasteiger partial charge in [0.05, 0.1) is 0 Å². The number of hydrogen-bond donors (Lipinski definition) is 0. The summed E-state index contributed by atoms with van der Waals surface area (Å²) < 4.78 is 2.08. The maximum Gasteiger partial charge on any atom is 0.0192 e. The van der Waals surface area contributed by atoms with Crippen molar-refractivity contribution < 1.29 is 0 Å². The van der Waals surface area contributed by atoms with Gasteiger partial charge in [-0.3, -0.25) is 0 Å². The first-order chi connectivity index (χ1) is 24.7. The average Bonchev–Trinajstić information content (AvgIpc) is 3.18. The van der Waals surface area contributed by atoms with Crippen LogP contribution in [0.1, 0.15) is 0 Å². The number of halogens is 2. The molecule has 0 aliphatic heterocycles. The van der Waals surface area contributed by atoms with E-state index in [1.165, 1.54) is 61.2 Å². The van der Waals surface area contributed by atoms with Crippen molar-refractivity contribution in [3.63, 3.8) is 0 Å². The Morgan fingerprint density at radius 1 is 0.200 bits per heavy atom. The van der Waals surface area contributed by atoms with Gasteiger partial charge in [-0.05, 0) is 96.1 Å². The standard InChI is InChI=1S/C48H32Br2/c49-41-30-40(31-42(50)32-41)33-26-28-39(29-27-33)48-46(37-22-12-4-13-23-37)44(35-18-8-2-9-19-35)43(34-16-6-1-7-17-34)45(36-20-10-3-11-21-36)47(48)38-24-14-5-15-25-38/h1-32H. The molecule has 2 heteroatoms. The Hall–Kier alpha value is -5.28. The predicted octanol–water partition coefficient (Wildman–Crippen LogP) is 14.9. The maximum atomic E-state index is 3.69. The Labute approximate surface area is 311 Å². The lowest BCUT2D eigenvalue weighted by Gasteiger charge is -2.29. The third-order valence-corrected chi connectivity index (χ3v) is 10.1. The van der Waals surface area contributed by atoms with Gasteiger partial charge in [-0.2, -0.15) is 0 Å². The second-order valence-corrected chi connectivity index (χ2v) is 14.1. The van der Waals surface area contributed by atoms with E-state index in [1.807, 2.05) is 0 Å². The van der Waals surface area contributed by atoms with Gasteiger partial charge in [0.1, 0.15) is 0 Å². The van der Waals surface area contributed by atoms with E-state index in [4.69, 9.17) is 0 Å². The third-order valence-electron chi connectivity index (χ3n) is 9.18. The predicted molar refractivity (Wildman–Crippen MR) is 220 cm³/mol. The quantitative estimate of drug-likeness (QED) is 0.151. The molecular formula is C48H32Br2. The van der Waals surface area contributed by atoms with Gasteiger partial charge < -0.3 is 0 Å². The van der Waals surface area contributed by atoms with Gasteiger partial charge in [-0.1, -0.05) is 208 Å². The van der Waals surface area contributed by atoms with Crippen LogP contribution in [0.4, 0.5) is 0 Å². The molecule has 0 aliphatic carbocycles. The number of rotatable bonds is 7. The van der Waals surface area contributed by atoms with Crippen LogP contribution in [0.5, 0.6) is 0 Å². The number of hydrogen-bond acceptors (Lipinski definition) is 0. The zero-order valence-corrected chi connectivity index (χ0v) is 30.4. The smallest absolute Gasteiger partial charge is 0.0192 e. The fourth-order valence-corrected chi connectivity index (χ4v) is 8.35. The second kappa shape index (κ2) is 14.3. The molecule has 0 spiro atoms. The van der Waals surface area contributed by atoms with E-state index in [0.29, 0.717) is 0 Å². The summed E-state index contributed by atoms with van der Waals surface area (Å²) in [7, 11) is 0. The summed E-state index contributed by atoms with van der Waals surface area (Å²) in [5.74, 6) is 0. The van der Waals surface area contributed by atoms with Gasteiger partial charge in [0, 0.05) is 8.95 Å². The van der Waals surface area contributed by atoms with E-state index in [-0.39, 0.29) is 0 Å². The van der Waals surface area contributed by atoms with Crippen LogP contribution in [-0.2, 0) is 0 Å². The summed E-state index contributed by atoms with van der Waals surface area (Å²) >= 11 is 7.38. The molecule has 0 N–H and O–H groups in total. The van der Waals surface area contributed by atoms with E-state index in [0.717, 1.165) is 25.6 Å². The van der Waals surface area contributed by atoms with Crippen molar-refractivity contribution in [1.29, 1.82) is 0 Å². The number of benzene rings is 8. The molecule has 0 fully saturated rings. The van der Waals surface area contributed by atoms with Crippen molar-refractivity contribution >= 4 is 31.9 Å². The SMILES string of the molecule is Brc1cc(Br)cc(-c2ccc(-c3c(-c4ccccc4)c(-c4ccccc4)c(-c4ccccc4)c(-c4ccccc4)c3-c3ccccc3)cc2)c1. The van der Waals surface area contributed by atoms with E-state index < -0.39 is 0 Å². The largest absolute Gasteiger partial charge is 0.0622 e. The summed E-state index contributed by atoms with van der Waals surface area (Å²) in [6.07, 6.45) is 0. The van der Waals surface area contributed by atoms with E-state index in [1.54, 1.807) is 0 Å². The van der Waals surface area contributed by atoms with Gasteiger partial charge in [-0.15, -0.1) is 0 Å². The molecule has 0 aromatic heterocycles. The molecule has 0 saturated carbocycles. The Morgan fingerprint density at radius 2 is 0.420 bits per heavy atom. The first kappa shape index (κ1) is 32.0. The summed E-state index contributed by atoms with van der Waals surface area (Å²) in [4.78, 5) is 0. The zero-order chi connectivity index (χ0) is 33.9. The van der Waals surface area contributed by atoms with Gasteiger partial charge in [0.25, 0.3) is 0 Å². The fraction of sp³-hybridized carbons (Fsp3) is 0. The Kier molecular flexibility index (Phi) is 9.13. The minimum atomic E-state index is 1.04. The first-order valence-corrected chi connectivity index (χ1v) is 18.3. The van der Waals surface area contributed by atoms with Crippen molar-refractivity contribution in [3.8, 4) is 77.9 Å². The molecule has 0 heterocycles. The van der Waals surface area contributed by atoms with E-state index in [9.17, 15) is 0 Å². The molecule has 50 heavy (non-hydrogen) atoms. The van der Waals surface area contributed by atoms with Crippen LogP contribution in [0.15, 0.2) is 203 Å². The minimum absolute atomic E-state index is 1.04. The van der Waals surface area contributed by atoms with Gasteiger partial charge in [0.15, 0.2) is 0 Å². The Balaban J connectivity index is 1.59. The molecule has 8 rings (SSSR count). The summed E-state index contributed by atoms with van der Waals surface area (Å²) in [5, 5.41) is 0. The highest BCUT2D eigenvalue weighted by atomic mass is 79.9. The van der Waals surface area contributed by atoms with E-state index in [2.05, 4.69) is 226 Å². The monoisotopic (exact) mass is 766 g/mol. The van der Waals surface area contributed by atoms with Crippen molar-refractivity contribution in [1.82, 2.24) is 0 Å². The molecule has 0 bridgehead atoms. The van der Waals surface area contributed by atoms with Crippen LogP contribution in [-0.4, -0.2) is 0 Å². The Bertz CT molecular complexity index is 2260. The molecule has 0 nitrogen and oxygen atoms in total. The van der Waals surface area contributed by atoms with Crippen LogP contribution in [0.25, 0.3) is 77.9 Å². The summed E-state index contributed by atoms with van der Waals surface area (Å²) in [5.41, 5.74) is 16.7. The molecule has 0 radical (unpaired) electrons. The lowest BCUT2D eigenvalue weighted by atomic mass is 9.74. The first-order valence-electron chi connectivity index (χ1n) is 16.7. The third kappa shape index (κ3) is 6.29. The maximum absolute atomic E-state index is 3.69. The molecule has 0 saturated heterocycles.